The van der Waals surface area contributed by atoms with Crippen molar-refractivity contribution in [2.45, 2.75) is 51.0 Å². The van der Waals surface area contributed by atoms with Gasteiger partial charge in [-0.25, -0.2) is 0 Å². The quantitative estimate of drug-likeness (QED) is 0.846. The minimum atomic E-state index is -0.290. The van der Waals surface area contributed by atoms with Crippen LogP contribution in [-0.2, 0) is 9.59 Å². The van der Waals surface area contributed by atoms with Gasteiger partial charge in [0.05, 0.1) is 6.54 Å². The van der Waals surface area contributed by atoms with Crippen LogP contribution in [-0.4, -0.2) is 31.0 Å². The highest BCUT2D eigenvalue weighted by Gasteiger charge is 2.14. The standard InChI is InChI=1S/C18H26N2O3/c21-17(20-15-9-5-2-1-3-6-10-15)13-19-18(22)14-23-16-11-7-4-8-12-16/h4,7-8,11-12,15H,1-3,5-6,9-10,13-14H2,(H,19,22)(H,20,21). The number of rotatable bonds is 6. The number of hydrogen-bond acceptors (Lipinski definition) is 3. The van der Waals surface area contributed by atoms with E-state index in [4.69, 9.17) is 4.74 Å². The van der Waals surface area contributed by atoms with Gasteiger partial charge in [-0.3, -0.25) is 9.59 Å². The second-order valence-electron chi connectivity index (χ2n) is 5.99. The zero-order valence-corrected chi connectivity index (χ0v) is 13.6. The number of para-hydroxylation sites is 1. The van der Waals surface area contributed by atoms with Crippen LogP contribution in [0, 0.1) is 0 Å². The zero-order valence-electron chi connectivity index (χ0n) is 13.6. The highest BCUT2D eigenvalue weighted by Crippen LogP contribution is 2.16. The van der Waals surface area contributed by atoms with Gasteiger partial charge in [-0.1, -0.05) is 50.3 Å². The fourth-order valence-corrected chi connectivity index (χ4v) is 2.77. The van der Waals surface area contributed by atoms with Gasteiger partial charge in [0.2, 0.25) is 5.91 Å². The molecule has 0 bridgehead atoms. The van der Waals surface area contributed by atoms with Crippen molar-refractivity contribution in [3.8, 4) is 5.75 Å². The van der Waals surface area contributed by atoms with Crippen molar-refractivity contribution in [3.05, 3.63) is 30.3 Å². The Labute approximate surface area is 137 Å². The lowest BCUT2D eigenvalue weighted by Gasteiger charge is -2.21. The second-order valence-corrected chi connectivity index (χ2v) is 5.99. The third kappa shape index (κ3) is 7.17. The van der Waals surface area contributed by atoms with Crippen LogP contribution in [0.2, 0.25) is 0 Å². The Kier molecular flexibility index (Phi) is 7.43. The summed E-state index contributed by atoms with van der Waals surface area (Å²) in [6.45, 7) is -0.0752. The number of ether oxygens (including phenoxy) is 1. The molecular formula is C18H26N2O3. The van der Waals surface area contributed by atoms with E-state index >= 15 is 0 Å². The van der Waals surface area contributed by atoms with Crippen molar-refractivity contribution in [2.24, 2.45) is 0 Å². The monoisotopic (exact) mass is 318 g/mol. The summed E-state index contributed by atoms with van der Waals surface area (Å²) in [6, 6.07) is 9.39. The van der Waals surface area contributed by atoms with Crippen LogP contribution in [0.3, 0.4) is 0 Å². The molecule has 0 radical (unpaired) electrons. The molecule has 1 aromatic rings. The van der Waals surface area contributed by atoms with E-state index in [9.17, 15) is 9.59 Å². The lowest BCUT2D eigenvalue weighted by Crippen LogP contribution is -2.43. The summed E-state index contributed by atoms with van der Waals surface area (Å²) >= 11 is 0. The lowest BCUT2D eigenvalue weighted by atomic mass is 9.97. The molecule has 0 saturated heterocycles. The minimum absolute atomic E-state index is 0.00742. The van der Waals surface area contributed by atoms with Crippen LogP contribution in [0.25, 0.3) is 0 Å². The van der Waals surface area contributed by atoms with Gasteiger partial charge in [0, 0.05) is 6.04 Å². The summed E-state index contributed by atoms with van der Waals surface area (Å²) in [7, 11) is 0. The van der Waals surface area contributed by atoms with E-state index in [0.717, 1.165) is 12.8 Å². The summed E-state index contributed by atoms with van der Waals surface area (Å²) in [5.74, 6) is 0.229. The van der Waals surface area contributed by atoms with Crippen molar-refractivity contribution in [2.75, 3.05) is 13.2 Å². The number of hydrogen-bond donors (Lipinski definition) is 2. The molecule has 0 spiro atoms. The molecule has 23 heavy (non-hydrogen) atoms. The fraction of sp³-hybridized carbons (Fsp3) is 0.556. The van der Waals surface area contributed by atoms with E-state index in [1.807, 2.05) is 18.2 Å². The number of carbonyl (C=O) groups is 2. The Hall–Kier alpha value is -2.04. The van der Waals surface area contributed by atoms with Crippen LogP contribution in [0.15, 0.2) is 30.3 Å². The minimum Gasteiger partial charge on any atom is -0.484 e. The van der Waals surface area contributed by atoms with E-state index < -0.39 is 0 Å². The fourth-order valence-electron chi connectivity index (χ4n) is 2.77. The molecule has 0 heterocycles. The molecule has 1 aliphatic carbocycles. The molecule has 0 aromatic heterocycles. The molecule has 0 atom stereocenters. The first-order valence-electron chi connectivity index (χ1n) is 8.48. The maximum atomic E-state index is 11.9. The summed E-state index contributed by atoms with van der Waals surface area (Å²) in [5.41, 5.74) is 0. The first kappa shape index (κ1) is 17.3. The van der Waals surface area contributed by atoms with Crippen molar-refractivity contribution >= 4 is 11.8 Å². The Morgan fingerprint density at radius 2 is 1.61 bits per heavy atom. The van der Waals surface area contributed by atoms with Crippen molar-refractivity contribution in [3.63, 3.8) is 0 Å². The number of nitrogens with one attached hydrogen (secondary N) is 2. The second kappa shape index (κ2) is 9.87. The molecule has 1 fully saturated rings. The molecule has 2 amide bonds. The number of benzene rings is 1. The summed E-state index contributed by atoms with van der Waals surface area (Å²) in [5, 5.41) is 5.62. The first-order valence-corrected chi connectivity index (χ1v) is 8.48. The van der Waals surface area contributed by atoms with Crippen LogP contribution in [0.4, 0.5) is 0 Å². The topological polar surface area (TPSA) is 67.4 Å². The molecule has 1 saturated carbocycles. The molecule has 0 unspecified atom stereocenters. The van der Waals surface area contributed by atoms with Crippen LogP contribution >= 0.6 is 0 Å². The largest absolute Gasteiger partial charge is 0.484 e. The summed E-state index contributed by atoms with van der Waals surface area (Å²) < 4.78 is 5.34. The van der Waals surface area contributed by atoms with E-state index in [1.165, 1.54) is 32.1 Å². The van der Waals surface area contributed by atoms with Gasteiger partial charge in [-0.15, -0.1) is 0 Å². The normalized spacial score (nSPS) is 16.0. The number of amides is 2. The SMILES string of the molecule is O=C(COc1ccccc1)NCC(=O)NC1CCCCCCC1. The molecule has 2 N–H and O–H groups in total. The molecular weight excluding hydrogens is 292 g/mol. The maximum absolute atomic E-state index is 11.9. The summed E-state index contributed by atoms with van der Waals surface area (Å²) in [4.78, 5) is 23.6. The average Bonchev–Trinajstić information content (AvgIpc) is 2.54. The van der Waals surface area contributed by atoms with Crippen molar-refractivity contribution in [1.82, 2.24) is 10.6 Å². The first-order chi connectivity index (χ1) is 11.2. The zero-order chi connectivity index (χ0) is 16.3. The predicted octanol–water partition coefficient (Wildman–Crippen LogP) is 2.41. The Morgan fingerprint density at radius 1 is 0.957 bits per heavy atom. The van der Waals surface area contributed by atoms with E-state index in [0.29, 0.717) is 5.75 Å². The Balaban J connectivity index is 1.62. The van der Waals surface area contributed by atoms with Crippen molar-refractivity contribution < 1.29 is 14.3 Å². The van der Waals surface area contributed by atoms with Gasteiger partial charge < -0.3 is 15.4 Å². The highest BCUT2D eigenvalue weighted by molar-refractivity contribution is 5.85. The smallest absolute Gasteiger partial charge is 0.258 e. The summed E-state index contributed by atoms with van der Waals surface area (Å²) in [6.07, 6.45) is 8.22. The third-order valence-electron chi connectivity index (χ3n) is 4.03. The molecule has 0 aliphatic heterocycles. The maximum Gasteiger partial charge on any atom is 0.258 e. The Morgan fingerprint density at radius 3 is 2.30 bits per heavy atom. The molecule has 2 rings (SSSR count). The van der Waals surface area contributed by atoms with E-state index in [1.54, 1.807) is 12.1 Å². The van der Waals surface area contributed by atoms with Gasteiger partial charge in [0.1, 0.15) is 5.75 Å². The van der Waals surface area contributed by atoms with E-state index in [-0.39, 0.29) is 31.0 Å². The van der Waals surface area contributed by atoms with Gasteiger partial charge in [0.25, 0.3) is 5.91 Å². The van der Waals surface area contributed by atoms with Crippen LogP contribution < -0.4 is 15.4 Å². The molecule has 1 aliphatic rings. The molecule has 1 aromatic carbocycles. The Bertz CT molecular complexity index is 482. The molecule has 5 nitrogen and oxygen atoms in total. The van der Waals surface area contributed by atoms with Gasteiger partial charge in [-0.2, -0.15) is 0 Å². The number of carbonyl (C=O) groups excluding carboxylic acids is 2. The van der Waals surface area contributed by atoms with Gasteiger partial charge in [0.15, 0.2) is 6.61 Å². The van der Waals surface area contributed by atoms with Crippen LogP contribution in [0.1, 0.15) is 44.9 Å². The molecule has 126 valence electrons. The van der Waals surface area contributed by atoms with Gasteiger partial charge >= 0.3 is 0 Å². The van der Waals surface area contributed by atoms with E-state index in [2.05, 4.69) is 10.6 Å². The highest BCUT2D eigenvalue weighted by atomic mass is 16.5. The van der Waals surface area contributed by atoms with Crippen molar-refractivity contribution in [1.29, 1.82) is 0 Å². The average molecular weight is 318 g/mol. The molecule has 5 heteroatoms. The lowest BCUT2D eigenvalue weighted by molar-refractivity contribution is -0.127. The van der Waals surface area contributed by atoms with Crippen LogP contribution in [0.5, 0.6) is 5.75 Å². The van der Waals surface area contributed by atoms with Gasteiger partial charge in [-0.05, 0) is 25.0 Å². The predicted molar refractivity (Wildman–Crippen MR) is 89.2 cm³/mol. The third-order valence-corrected chi connectivity index (χ3v) is 4.03.